The highest BCUT2D eigenvalue weighted by Gasteiger charge is 2.27. The second-order valence-corrected chi connectivity index (χ2v) is 3.82. The second-order valence-electron chi connectivity index (χ2n) is 3.82. The van der Waals surface area contributed by atoms with Gasteiger partial charge in [0.1, 0.15) is 6.54 Å². The third-order valence-corrected chi connectivity index (χ3v) is 2.42. The van der Waals surface area contributed by atoms with Crippen LogP contribution in [-0.2, 0) is 14.4 Å². The van der Waals surface area contributed by atoms with Crippen LogP contribution in [0.25, 0.3) is 0 Å². The molecule has 0 aromatic heterocycles. The maximum atomic E-state index is 11.8. The molecule has 17 heavy (non-hydrogen) atoms. The SMILES string of the molecule is CCC(C)N(CC(=O)O)C(=O)C(N)CC(=O)O. The summed E-state index contributed by atoms with van der Waals surface area (Å²) in [6, 6.07) is -1.50. The number of hydrogen-bond donors (Lipinski definition) is 3. The van der Waals surface area contributed by atoms with Crippen LogP contribution in [0.2, 0.25) is 0 Å². The third-order valence-electron chi connectivity index (χ3n) is 2.42. The number of amides is 1. The molecule has 4 N–H and O–H groups in total. The molecule has 0 aliphatic rings. The Morgan fingerprint density at radius 2 is 1.76 bits per heavy atom. The van der Waals surface area contributed by atoms with Crippen molar-refractivity contribution in [2.24, 2.45) is 5.73 Å². The van der Waals surface area contributed by atoms with E-state index in [1.165, 1.54) is 0 Å². The van der Waals surface area contributed by atoms with Crippen LogP contribution in [0.15, 0.2) is 0 Å². The first-order valence-electron chi connectivity index (χ1n) is 5.29. The minimum absolute atomic E-state index is 0.293. The molecule has 0 aromatic rings. The summed E-state index contributed by atoms with van der Waals surface area (Å²) < 4.78 is 0. The quantitative estimate of drug-likeness (QED) is 0.556. The number of rotatable bonds is 7. The van der Waals surface area contributed by atoms with E-state index in [0.717, 1.165) is 4.90 Å². The largest absolute Gasteiger partial charge is 0.481 e. The number of hydrogen-bond acceptors (Lipinski definition) is 4. The molecule has 2 unspecified atom stereocenters. The molecule has 0 bridgehead atoms. The van der Waals surface area contributed by atoms with Crippen molar-refractivity contribution in [3.05, 3.63) is 0 Å². The fraction of sp³-hybridized carbons (Fsp3) is 0.700. The summed E-state index contributed by atoms with van der Waals surface area (Å²) >= 11 is 0. The van der Waals surface area contributed by atoms with Gasteiger partial charge in [-0.1, -0.05) is 6.92 Å². The number of carbonyl (C=O) groups excluding carboxylic acids is 1. The second kappa shape index (κ2) is 6.85. The Kier molecular flexibility index (Phi) is 6.19. The van der Waals surface area contributed by atoms with Gasteiger partial charge in [-0.15, -0.1) is 0 Å². The van der Waals surface area contributed by atoms with Crippen molar-refractivity contribution in [2.75, 3.05) is 6.54 Å². The van der Waals surface area contributed by atoms with Crippen molar-refractivity contribution >= 4 is 17.8 Å². The topological polar surface area (TPSA) is 121 Å². The highest BCUT2D eigenvalue weighted by atomic mass is 16.4. The molecular weight excluding hydrogens is 228 g/mol. The summed E-state index contributed by atoms with van der Waals surface area (Å²) in [5.74, 6) is -2.99. The van der Waals surface area contributed by atoms with E-state index in [-0.39, 0.29) is 6.04 Å². The normalized spacial score (nSPS) is 13.8. The van der Waals surface area contributed by atoms with Gasteiger partial charge in [0.05, 0.1) is 12.5 Å². The smallest absolute Gasteiger partial charge is 0.323 e. The number of nitrogens with two attached hydrogens (primary N) is 1. The fourth-order valence-corrected chi connectivity index (χ4v) is 1.31. The van der Waals surface area contributed by atoms with Gasteiger partial charge in [0.15, 0.2) is 0 Å². The molecule has 0 aromatic carbocycles. The number of carboxylic acids is 2. The molecule has 0 aliphatic carbocycles. The van der Waals surface area contributed by atoms with Gasteiger partial charge in [-0.2, -0.15) is 0 Å². The van der Waals surface area contributed by atoms with Gasteiger partial charge in [0.2, 0.25) is 5.91 Å². The van der Waals surface area contributed by atoms with Crippen molar-refractivity contribution in [1.82, 2.24) is 4.90 Å². The molecule has 7 heteroatoms. The minimum Gasteiger partial charge on any atom is -0.481 e. The third kappa shape index (κ3) is 5.30. The van der Waals surface area contributed by atoms with E-state index in [0.29, 0.717) is 6.42 Å². The molecule has 98 valence electrons. The summed E-state index contributed by atoms with van der Waals surface area (Å²) in [7, 11) is 0. The van der Waals surface area contributed by atoms with Crippen LogP contribution in [-0.4, -0.2) is 51.6 Å². The highest BCUT2D eigenvalue weighted by Crippen LogP contribution is 2.07. The van der Waals surface area contributed by atoms with E-state index in [4.69, 9.17) is 15.9 Å². The van der Waals surface area contributed by atoms with Gasteiger partial charge in [-0.3, -0.25) is 14.4 Å². The fourth-order valence-electron chi connectivity index (χ4n) is 1.31. The first kappa shape index (κ1) is 15.4. The summed E-state index contributed by atoms with van der Waals surface area (Å²) in [6.45, 7) is 3.02. The Balaban J connectivity index is 4.73. The van der Waals surface area contributed by atoms with E-state index in [1.807, 2.05) is 0 Å². The van der Waals surface area contributed by atoms with Crippen molar-refractivity contribution < 1.29 is 24.6 Å². The van der Waals surface area contributed by atoms with Crippen LogP contribution in [0.4, 0.5) is 0 Å². The summed E-state index contributed by atoms with van der Waals surface area (Å²) in [5, 5.41) is 17.2. The molecule has 0 heterocycles. The maximum Gasteiger partial charge on any atom is 0.323 e. The predicted octanol–water partition coefficient (Wildman–Crippen LogP) is -0.500. The van der Waals surface area contributed by atoms with Gasteiger partial charge < -0.3 is 20.8 Å². The predicted molar refractivity (Wildman–Crippen MR) is 59.3 cm³/mol. The number of carboxylic acid groups (broad SMARTS) is 2. The van der Waals surface area contributed by atoms with Crippen LogP contribution in [0.5, 0.6) is 0 Å². The zero-order valence-electron chi connectivity index (χ0n) is 9.92. The Labute approximate surface area is 99.2 Å². The Morgan fingerprint density at radius 1 is 1.24 bits per heavy atom. The zero-order chi connectivity index (χ0) is 13.6. The minimum atomic E-state index is -1.21. The van der Waals surface area contributed by atoms with Crippen LogP contribution in [0.3, 0.4) is 0 Å². The Hall–Kier alpha value is -1.63. The molecule has 7 nitrogen and oxygen atoms in total. The van der Waals surface area contributed by atoms with Crippen LogP contribution >= 0.6 is 0 Å². The first-order chi connectivity index (χ1) is 7.79. The van der Waals surface area contributed by atoms with Gasteiger partial charge in [-0.05, 0) is 13.3 Å². The molecule has 0 fully saturated rings. The molecule has 0 saturated carbocycles. The van der Waals surface area contributed by atoms with E-state index in [2.05, 4.69) is 0 Å². The molecular formula is C10H18N2O5. The van der Waals surface area contributed by atoms with Gasteiger partial charge in [0, 0.05) is 6.04 Å². The molecule has 0 radical (unpaired) electrons. The average Bonchev–Trinajstić information content (AvgIpc) is 2.22. The number of carbonyl (C=O) groups is 3. The lowest BCUT2D eigenvalue weighted by molar-refractivity contribution is -0.148. The summed E-state index contributed by atoms with van der Waals surface area (Å²) in [4.78, 5) is 33.9. The van der Waals surface area contributed by atoms with Crippen molar-refractivity contribution in [3.8, 4) is 0 Å². The molecule has 0 rings (SSSR count). The molecule has 0 aliphatic heterocycles. The van der Waals surface area contributed by atoms with E-state index >= 15 is 0 Å². The monoisotopic (exact) mass is 246 g/mol. The molecule has 2 atom stereocenters. The van der Waals surface area contributed by atoms with Crippen molar-refractivity contribution in [1.29, 1.82) is 0 Å². The molecule has 0 spiro atoms. The Morgan fingerprint density at radius 3 is 2.12 bits per heavy atom. The van der Waals surface area contributed by atoms with Crippen LogP contribution in [0, 0.1) is 0 Å². The van der Waals surface area contributed by atoms with E-state index in [9.17, 15) is 14.4 Å². The zero-order valence-corrected chi connectivity index (χ0v) is 9.92. The highest BCUT2D eigenvalue weighted by molar-refractivity contribution is 5.88. The lowest BCUT2D eigenvalue weighted by Crippen LogP contribution is -2.50. The van der Waals surface area contributed by atoms with Crippen molar-refractivity contribution in [2.45, 2.75) is 38.8 Å². The lowest BCUT2D eigenvalue weighted by Gasteiger charge is -2.29. The van der Waals surface area contributed by atoms with Crippen molar-refractivity contribution in [3.63, 3.8) is 0 Å². The average molecular weight is 246 g/mol. The van der Waals surface area contributed by atoms with E-state index in [1.54, 1.807) is 13.8 Å². The lowest BCUT2D eigenvalue weighted by atomic mass is 10.1. The number of aliphatic carboxylic acids is 2. The maximum absolute atomic E-state index is 11.8. The van der Waals surface area contributed by atoms with Gasteiger partial charge in [-0.25, -0.2) is 0 Å². The van der Waals surface area contributed by atoms with Gasteiger partial charge in [0.25, 0.3) is 0 Å². The number of nitrogens with zero attached hydrogens (tertiary/aromatic N) is 1. The standard InChI is InChI=1S/C10H18N2O5/c1-3-6(2)12(5-9(15)16)10(17)7(11)4-8(13)14/h6-7H,3-5,11H2,1-2H3,(H,13,14)(H,15,16). The summed E-state index contributed by atoms with van der Waals surface area (Å²) in [6.07, 6.45) is 0.0597. The van der Waals surface area contributed by atoms with E-state index < -0.39 is 36.9 Å². The summed E-state index contributed by atoms with van der Waals surface area (Å²) in [5.41, 5.74) is 5.42. The first-order valence-corrected chi connectivity index (χ1v) is 5.29. The van der Waals surface area contributed by atoms with Crippen LogP contribution in [0.1, 0.15) is 26.7 Å². The Bertz CT molecular complexity index is 305. The van der Waals surface area contributed by atoms with Gasteiger partial charge >= 0.3 is 11.9 Å². The molecule has 1 amide bonds. The molecule has 0 saturated heterocycles. The van der Waals surface area contributed by atoms with Crippen LogP contribution < -0.4 is 5.73 Å².